The van der Waals surface area contributed by atoms with Crippen LogP contribution in [0.2, 0.25) is 0 Å². The van der Waals surface area contributed by atoms with Gasteiger partial charge in [-0.2, -0.15) is 0 Å². The number of rotatable bonds is 7. The fraction of sp³-hybridized carbons (Fsp3) is 0.357. The van der Waals surface area contributed by atoms with Crippen molar-refractivity contribution in [2.24, 2.45) is 5.92 Å². The minimum atomic E-state index is -0.944. The van der Waals surface area contributed by atoms with Gasteiger partial charge in [0.05, 0.1) is 18.3 Å². The van der Waals surface area contributed by atoms with Crippen LogP contribution in [0.5, 0.6) is 0 Å². The summed E-state index contributed by atoms with van der Waals surface area (Å²) in [6.45, 7) is 7.36. The van der Waals surface area contributed by atoms with Crippen molar-refractivity contribution in [3.8, 4) is 11.1 Å². The molecule has 31 heavy (non-hydrogen) atoms. The van der Waals surface area contributed by atoms with Gasteiger partial charge in [0.15, 0.2) is 0 Å². The Bertz CT molecular complexity index is 957. The van der Waals surface area contributed by atoms with Crippen molar-refractivity contribution >= 4 is 0 Å². The number of benzene rings is 3. The van der Waals surface area contributed by atoms with Gasteiger partial charge in [-0.25, -0.2) is 0 Å². The third kappa shape index (κ3) is 5.07. The summed E-state index contributed by atoms with van der Waals surface area (Å²) in [5.74, 6) is 0.0676. The van der Waals surface area contributed by atoms with Crippen molar-refractivity contribution in [3.63, 3.8) is 0 Å². The average molecular weight is 416 g/mol. The first-order chi connectivity index (χ1) is 15.1. The molecule has 0 amide bonds. The highest BCUT2D eigenvalue weighted by Crippen LogP contribution is 2.34. The van der Waals surface area contributed by atoms with Crippen LogP contribution in [0.15, 0.2) is 84.9 Å². The van der Waals surface area contributed by atoms with Gasteiger partial charge < -0.3 is 9.84 Å². The molecule has 162 valence electrons. The Morgan fingerprint density at radius 1 is 0.935 bits per heavy atom. The molecule has 0 spiro atoms. The van der Waals surface area contributed by atoms with E-state index in [-0.39, 0.29) is 12.0 Å². The molecule has 4 rings (SSSR count). The topological polar surface area (TPSA) is 32.7 Å². The molecule has 1 N–H and O–H groups in total. The SMILES string of the molecule is CC(C)C(O)(Cc1ccccc1-c1ccccc1)C1CN(Cc2ccccc2)CCO1. The fourth-order valence-electron chi connectivity index (χ4n) is 4.56. The Balaban J connectivity index is 1.57. The summed E-state index contributed by atoms with van der Waals surface area (Å²) in [6.07, 6.45) is 0.341. The lowest BCUT2D eigenvalue weighted by Crippen LogP contribution is -2.58. The predicted molar refractivity (Wildman–Crippen MR) is 127 cm³/mol. The maximum absolute atomic E-state index is 12.0. The first-order valence-corrected chi connectivity index (χ1v) is 11.3. The van der Waals surface area contributed by atoms with Gasteiger partial charge in [0.25, 0.3) is 0 Å². The molecule has 0 radical (unpaired) electrons. The summed E-state index contributed by atoms with van der Waals surface area (Å²) < 4.78 is 6.20. The highest BCUT2D eigenvalue weighted by molar-refractivity contribution is 5.67. The van der Waals surface area contributed by atoms with Gasteiger partial charge in [-0.05, 0) is 28.2 Å². The summed E-state index contributed by atoms with van der Waals surface area (Å²) in [7, 11) is 0. The third-order valence-electron chi connectivity index (χ3n) is 6.53. The quantitative estimate of drug-likeness (QED) is 0.577. The van der Waals surface area contributed by atoms with Crippen LogP contribution in [0.1, 0.15) is 25.0 Å². The number of ether oxygens (including phenoxy) is 1. The summed E-state index contributed by atoms with van der Waals surface area (Å²) in [5.41, 5.74) is 3.87. The van der Waals surface area contributed by atoms with Crippen LogP contribution in [-0.2, 0) is 17.7 Å². The van der Waals surface area contributed by atoms with Crippen molar-refractivity contribution in [2.45, 2.75) is 38.5 Å². The number of hydrogen-bond donors (Lipinski definition) is 1. The Morgan fingerprint density at radius 3 is 2.29 bits per heavy atom. The molecule has 0 aromatic heterocycles. The minimum absolute atomic E-state index is 0.0676. The molecule has 1 heterocycles. The van der Waals surface area contributed by atoms with Gasteiger partial charge in [-0.3, -0.25) is 4.90 Å². The number of aliphatic hydroxyl groups is 1. The maximum atomic E-state index is 12.0. The van der Waals surface area contributed by atoms with Crippen LogP contribution in [0.3, 0.4) is 0 Å². The normalized spacial score (nSPS) is 19.3. The van der Waals surface area contributed by atoms with E-state index in [1.807, 2.05) is 12.1 Å². The van der Waals surface area contributed by atoms with Crippen molar-refractivity contribution in [1.29, 1.82) is 0 Å². The van der Waals surface area contributed by atoms with E-state index in [9.17, 15) is 5.11 Å². The van der Waals surface area contributed by atoms with Gasteiger partial charge in [0.1, 0.15) is 0 Å². The largest absolute Gasteiger partial charge is 0.387 e. The van der Waals surface area contributed by atoms with Crippen LogP contribution >= 0.6 is 0 Å². The van der Waals surface area contributed by atoms with Crippen LogP contribution in [-0.4, -0.2) is 41.4 Å². The molecular formula is C28H33NO2. The van der Waals surface area contributed by atoms with Gasteiger partial charge in [0, 0.05) is 26.1 Å². The van der Waals surface area contributed by atoms with Crippen molar-refractivity contribution < 1.29 is 9.84 Å². The lowest BCUT2D eigenvalue weighted by molar-refractivity contribution is -0.163. The molecule has 1 aliphatic heterocycles. The maximum Gasteiger partial charge on any atom is 0.0994 e. The Kier molecular flexibility index (Phi) is 6.86. The fourth-order valence-corrected chi connectivity index (χ4v) is 4.56. The number of hydrogen-bond acceptors (Lipinski definition) is 3. The molecule has 3 aromatic rings. The van der Waals surface area contributed by atoms with Crippen LogP contribution < -0.4 is 0 Å². The van der Waals surface area contributed by atoms with E-state index in [0.29, 0.717) is 13.0 Å². The summed E-state index contributed by atoms with van der Waals surface area (Å²) in [6, 6.07) is 29.4. The first-order valence-electron chi connectivity index (χ1n) is 11.3. The molecule has 1 saturated heterocycles. The molecule has 0 saturated carbocycles. The molecule has 0 aliphatic carbocycles. The molecule has 3 heteroatoms. The highest BCUT2D eigenvalue weighted by atomic mass is 16.5. The second-order valence-electron chi connectivity index (χ2n) is 8.93. The van der Waals surface area contributed by atoms with E-state index < -0.39 is 5.60 Å². The smallest absolute Gasteiger partial charge is 0.0994 e. The number of morpholine rings is 1. The summed E-state index contributed by atoms with van der Waals surface area (Å²) in [4.78, 5) is 2.40. The van der Waals surface area contributed by atoms with Crippen LogP contribution in [0.4, 0.5) is 0 Å². The second-order valence-corrected chi connectivity index (χ2v) is 8.93. The lowest BCUT2D eigenvalue weighted by atomic mass is 9.77. The van der Waals surface area contributed by atoms with Crippen LogP contribution in [0, 0.1) is 5.92 Å². The third-order valence-corrected chi connectivity index (χ3v) is 6.53. The van der Waals surface area contributed by atoms with Crippen LogP contribution in [0.25, 0.3) is 11.1 Å². The minimum Gasteiger partial charge on any atom is -0.387 e. The van der Waals surface area contributed by atoms with Gasteiger partial charge in [0.2, 0.25) is 0 Å². The van der Waals surface area contributed by atoms with E-state index in [1.54, 1.807) is 0 Å². The predicted octanol–water partition coefficient (Wildman–Crippen LogP) is 5.18. The van der Waals surface area contributed by atoms with E-state index in [4.69, 9.17) is 4.74 Å². The lowest BCUT2D eigenvalue weighted by Gasteiger charge is -2.44. The van der Waals surface area contributed by atoms with E-state index >= 15 is 0 Å². The molecule has 1 aliphatic rings. The van der Waals surface area contributed by atoms with E-state index in [0.717, 1.165) is 25.2 Å². The van der Waals surface area contributed by atoms with E-state index in [1.165, 1.54) is 16.7 Å². The average Bonchev–Trinajstić information content (AvgIpc) is 2.81. The van der Waals surface area contributed by atoms with Gasteiger partial charge >= 0.3 is 0 Å². The molecule has 0 bridgehead atoms. The standard InChI is InChI=1S/C28H33NO2/c1-22(2)28(30,19-25-15-9-10-16-26(25)24-13-7-4-8-14-24)27-21-29(17-18-31-27)20-23-11-5-3-6-12-23/h3-16,22,27,30H,17-21H2,1-2H3. The molecule has 2 unspecified atom stereocenters. The molecule has 3 aromatic carbocycles. The number of nitrogens with zero attached hydrogens (tertiary/aromatic N) is 1. The second kappa shape index (κ2) is 9.78. The summed E-state index contributed by atoms with van der Waals surface area (Å²) >= 11 is 0. The Labute approximate surface area is 186 Å². The zero-order valence-corrected chi connectivity index (χ0v) is 18.6. The Hall–Kier alpha value is -2.46. The zero-order chi connectivity index (χ0) is 21.7. The highest BCUT2D eigenvalue weighted by Gasteiger charge is 2.43. The van der Waals surface area contributed by atoms with Crippen molar-refractivity contribution in [1.82, 2.24) is 4.90 Å². The molecule has 3 nitrogen and oxygen atoms in total. The molecular weight excluding hydrogens is 382 g/mol. The van der Waals surface area contributed by atoms with Crippen molar-refractivity contribution in [2.75, 3.05) is 19.7 Å². The van der Waals surface area contributed by atoms with E-state index in [2.05, 4.69) is 91.5 Å². The first kappa shape index (κ1) is 21.8. The molecule has 2 atom stereocenters. The van der Waals surface area contributed by atoms with Crippen molar-refractivity contribution in [3.05, 3.63) is 96.1 Å². The van der Waals surface area contributed by atoms with Gasteiger partial charge in [-0.15, -0.1) is 0 Å². The zero-order valence-electron chi connectivity index (χ0n) is 18.6. The molecule has 1 fully saturated rings. The monoisotopic (exact) mass is 415 g/mol. The van der Waals surface area contributed by atoms with Gasteiger partial charge in [-0.1, -0.05) is 98.8 Å². The Morgan fingerprint density at radius 2 is 1.58 bits per heavy atom. The summed E-state index contributed by atoms with van der Waals surface area (Å²) in [5, 5.41) is 12.0.